The molecule has 2 radical (unpaired) electrons. The Morgan fingerprint density at radius 2 is 1.11 bits per heavy atom. The standard InChI is InChI=1S/3CN.Ag.2Au/c3*1-2;;;. The van der Waals surface area contributed by atoms with Gasteiger partial charge in [-0.2, -0.15) is 0 Å². The third kappa shape index (κ3) is 8.69. The Kier molecular flexibility index (Phi) is 20.9. The van der Waals surface area contributed by atoms with Crippen LogP contribution in [0.15, 0.2) is 0 Å². The molecule has 0 N–H and O–H groups in total. The fourth-order valence-corrected chi connectivity index (χ4v) is 0.370. The Labute approximate surface area is 90.8 Å². The van der Waals surface area contributed by atoms with Gasteiger partial charge in [0.1, 0.15) is 0 Å². The molecule has 0 aliphatic heterocycles. The summed E-state index contributed by atoms with van der Waals surface area (Å²) in [5.41, 5.74) is 0. The zero-order valence-corrected chi connectivity index (χ0v) is 9.56. The molecule has 0 saturated carbocycles. The van der Waals surface area contributed by atoms with Crippen molar-refractivity contribution >= 4 is 0 Å². The summed E-state index contributed by atoms with van der Waals surface area (Å²) in [6.45, 7) is 0. The number of nitriles is 3. The van der Waals surface area contributed by atoms with Gasteiger partial charge in [-0.1, -0.05) is 0 Å². The SMILES string of the molecule is N#[C][Au]([C]#N)[C]#N.[Ag].[Au]. The van der Waals surface area contributed by atoms with Crippen molar-refractivity contribution in [1.82, 2.24) is 0 Å². The van der Waals surface area contributed by atoms with E-state index in [1.54, 1.807) is 12.9 Å². The summed E-state index contributed by atoms with van der Waals surface area (Å²) in [4.78, 5) is 0. The van der Waals surface area contributed by atoms with Crippen LogP contribution in [0.25, 0.3) is 0 Å². The molecule has 0 fully saturated rings. The summed E-state index contributed by atoms with van der Waals surface area (Å²) < 4.78 is 4.88. The second-order valence-electron chi connectivity index (χ2n) is 0.428. The Bertz CT molecular complexity index is 140. The van der Waals surface area contributed by atoms with Gasteiger partial charge in [0.2, 0.25) is 0 Å². The van der Waals surface area contributed by atoms with Crippen molar-refractivity contribution in [2.45, 2.75) is 0 Å². The van der Waals surface area contributed by atoms with Crippen LogP contribution >= 0.6 is 0 Å². The van der Waals surface area contributed by atoms with Crippen LogP contribution in [-0.4, -0.2) is 0 Å². The molecule has 0 rings (SSSR count). The molecule has 0 aliphatic carbocycles. The first kappa shape index (κ1) is 16.4. The predicted octanol–water partition coefficient (Wildman–Crippen LogP) is 0.0428. The quantitative estimate of drug-likeness (QED) is 0.381. The first-order valence-electron chi connectivity index (χ1n) is 1.12. The maximum absolute atomic E-state index is 7.90. The Morgan fingerprint density at radius 1 is 0.889 bits per heavy atom. The zero-order chi connectivity index (χ0) is 5.70. The number of nitrogens with zero attached hydrogens (tertiary/aromatic N) is 3. The third-order valence-electron chi connectivity index (χ3n) is 0.202. The van der Waals surface area contributed by atoms with Crippen molar-refractivity contribution in [1.29, 1.82) is 15.8 Å². The van der Waals surface area contributed by atoms with Gasteiger partial charge in [0.15, 0.2) is 0 Å². The summed E-state index contributed by atoms with van der Waals surface area (Å²) in [6.07, 6.45) is 0. The second-order valence-corrected chi connectivity index (χ2v) is 3.51. The Morgan fingerprint density at radius 3 is 1.11 bits per heavy atom. The normalized spacial score (nSPS) is 5.67. The maximum atomic E-state index is 7.90. The molecule has 0 amide bonds. The molecule has 0 aromatic heterocycles. The van der Waals surface area contributed by atoms with Gasteiger partial charge in [0, 0.05) is 44.8 Å². The minimum Gasteiger partial charge on any atom is 0 e. The molecular weight excluding hydrogens is 580 g/mol. The first-order chi connectivity index (χ1) is 3.35. The summed E-state index contributed by atoms with van der Waals surface area (Å²) in [5.74, 6) is 0. The molecule has 3 nitrogen and oxygen atoms in total. The summed E-state index contributed by atoms with van der Waals surface area (Å²) in [7, 11) is 0. The smallest absolute Gasteiger partial charge is 0 e. The van der Waals surface area contributed by atoms with Crippen LogP contribution in [0.2, 0.25) is 0 Å². The Balaban J connectivity index is -0.000000180. The number of rotatable bonds is 0. The van der Waals surface area contributed by atoms with Gasteiger partial charge >= 0.3 is 47.1 Å². The molecular formula is C3AgAu2N3. The van der Waals surface area contributed by atoms with Crippen LogP contribution in [0.3, 0.4) is 0 Å². The van der Waals surface area contributed by atoms with Crippen LogP contribution in [-0.2, 0) is 63.2 Å². The summed E-state index contributed by atoms with van der Waals surface area (Å²) >= 11 is -2.33. The van der Waals surface area contributed by atoms with E-state index < -0.39 is 18.4 Å². The minimum atomic E-state index is -2.33. The predicted molar refractivity (Wildman–Crippen MR) is 16.8 cm³/mol. The molecule has 0 aliphatic rings. The number of hydrogen-bond donors (Lipinski definition) is 0. The van der Waals surface area contributed by atoms with E-state index in [-0.39, 0.29) is 44.8 Å². The van der Waals surface area contributed by atoms with Crippen LogP contribution in [0.5, 0.6) is 0 Å². The molecule has 0 saturated heterocycles. The van der Waals surface area contributed by atoms with E-state index in [0.29, 0.717) is 0 Å². The Hall–Kier alpha value is 0.691. The molecule has 0 spiro atoms. The van der Waals surface area contributed by atoms with E-state index >= 15 is 0 Å². The van der Waals surface area contributed by atoms with Crippen molar-refractivity contribution in [3.8, 4) is 12.9 Å². The molecule has 0 aromatic carbocycles. The van der Waals surface area contributed by atoms with Crippen molar-refractivity contribution in [2.75, 3.05) is 0 Å². The van der Waals surface area contributed by atoms with Gasteiger partial charge in [-0.25, -0.2) is 0 Å². The average molecular weight is 580 g/mol. The first-order valence-corrected chi connectivity index (χ1v) is 4.37. The summed E-state index contributed by atoms with van der Waals surface area (Å²) in [6, 6.07) is 0. The van der Waals surface area contributed by atoms with E-state index in [1.165, 1.54) is 0 Å². The molecule has 0 aromatic rings. The monoisotopic (exact) mass is 579 g/mol. The molecule has 0 bridgehead atoms. The van der Waals surface area contributed by atoms with E-state index in [0.717, 1.165) is 0 Å². The maximum Gasteiger partial charge on any atom is 0 e. The molecule has 60 valence electrons. The second kappa shape index (κ2) is 11.5. The van der Waals surface area contributed by atoms with Crippen LogP contribution in [0, 0.1) is 28.6 Å². The summed E-state index contributed by atoms with van der Waals surface area (Å²) in [5, 5.41) is 23.7. The average Bonchev–Trinajstić information content (AvgIpc) is 1.72. The van der Waals surface area contributed by atoms with E-state index in [1.807, 2.05) is 0 Å². The van der Waals surface area contributed by atoms with Crippen molar-refractivity contribution in [2.24, 2.45) is 0 Å². The van der Waals surface area contributed by atoms with Gasteiger partial charge in [-0.05, 0) is 0 Å². The van der Waals surface area contributed by atoms with Crippen LogP contribution < -0.4 is 0 Å². The van der Waals surface area contributed by atoms with Crippen LogP contribution in [0.1, 0.15) is 0 Å². The molecule has 0 unspecified atom stereocenters. The largest absolute Gasteiger partial charge is 0 e. The minimum absolute atomic E-state index is 0. The van der Waals surface area contributed by atoms with E-state index in [4.69, 9.17) is 15.8 Å². The van der Waals surface area contributed by atoms with Crippen LogP contribution in [0.4, 0.5) is 0 Å². The zero-order valence-electron chi connectivity index (χ0n) is 3.75. The van der Waals surface area contributed by atoms with E-state index in [9.17, 15) is 0 Å². The fourth-order valence-electron chi connectivity index (χ4n) is 0.0452. The van der Waals surface area contributed by atoms with Crippen molar-refractivity contribution in [3.63, 3.8) is 0 Å². The van der Waals surface area contributed by atoms with Gasteiger partial charge in [0.25, 0.3) is 0 Å². The fraction of sp³-hybridized carbons (Fsp3) is 0. The third-order valence-corrected chi connectivity index (χ3v) is 1.66. The molecule has 0 atom stereocenters. The molecule has 9 heavy (non-hydrogen) atoms. The van der Waals surface area contributed by atoms with Crippen molar-refractivity contribution in [3.05, 3.63) is 0 Å². The van der Waals surface area contributed by atoms with Gasteiger partial charge in [-0.3, -0.25) is 0 Å². The van der Waals surface area contributed by atoms with Crippen molar-refractivity contribution < 1.29 is 63.2 Å². The van der Waals surface area contributed by atoms with Gasteiger partial charge in [-0.15, -0.1) is 0 Å². The van der Waals surface area contributed by atoms with Gasteiger partial charge in [0.05, 0.1) is 0 Å². The molecule has 6 heteroatoms. The van der Waals surface area contributed by atoms with Gasteiger partial charge < -0.3 is 0 Å². The molecule has 0 heterocycles. The topological polar surface area (TPSA) is 71.4 Å². The number of hydrogen-bond acceptors (Lipinski definition) is 3. The van der Waals surface area contributed by atoms with E-state index in [2.05, 4.69) is 0 Å².